The molecule has 4 nitrogen and oxygen atoms in total. The highest BCUT2D eigenvalue weighted by Crippen LogP contribution is 2.34. The van der Waals surface area contributed by atoms with E-state index in [2.05, 4.69) is 15.3 Å². The summed E-state index contributed by atoms with van der Waals surface area (Å²) in [6, 6.07) is -0.160. The van der Waals surface area contributed by atoms with E-state index in [9.17, 15) is 13.2 Å². The quantitative estimate of drug-likeness (QED) is 0.819. The molecule has 2 rings (SSSR count). The minimum absolute atomic E-state index is 0.160. The van der Waals surface area contributed by atoms with Crippen LogP contribution in [0.15, 0.2) is 6.20 Å². The van der Waals surface area contributed by atoms with E-state index < -0.39 is 11.7 Å². The van der Waals surface area contributed by atoms with Gasteiger partial charge in [-0.15, -0.1) is 0 Å². The highest BCUT2D eigenvalue weighted by atomic mass is 35.5. The molecule has 0 aliphatic carbocycles. The summed E-state index contributed by atoms with van der Waals surface area (Å²) in [5.74, 6) is -0.305. The molecule has 0 spiro atoms. The summed E-state index contributed by atoms with van der Waals surface area (Å²) in [4.78, 5) is 6.85. The molecule has 0 atom stereocenters. The first kappa shape index (κ1) is 11.4. The van der Waals surface area contributed by atoms with Gasteiger partial charge in [0.1, 0.15) is 11.4 Å². The molecule has 0 unspecified atom stereocenters. The number of nitrogens with one attached hydrogen (secondary N) is 1. The van der Waals surface area contributed by atoms with Gasteiger partial charge in [-0.2, -0.15) is 13.2 Å². The second kappa shape index (κ2) is 4.06. The van der Waals surface area contributed by atoms with Crippen molar-refractivity contribution in [3.63, 3.8) is 0 Å². The summed E-state index contributed by atoms with van der Waals surface area (Å²) in [6.45, 7) is 0.720. The molecule has 1 fully saturated rings. The molecule has 1 aromatic rings. The molecule has 16 heavy (non-hydrogen) atoms. The van der Waals surface area contributed by atoms with Crippen LogP contribution in [0.25, 0.3) is 0 Å². The monoisotopic (exact) mass is 253 g/mol. The Morgan fingerprint density at radius 2 is 2.12 bits per heavy atom. The largest absolute Gasteiger partial charge is 0.421 e. The van der Waals surface area contributed by atoms with E-state index in [1.807, 2.05) is 0 Å². The van der Waals surface area contributed by atoms with Crippen LogP contribution in [-0.2, 0) is 10.9 Å². The zero-order valence-electron chi connectivity index (χ0n) is 7.88. The fourth-order valence-electron chi connectivity index (χ4n) is 1.19. The Morgan fingerprint density at radius 3 is 2.62 bits per heavy atom. The molecule has 1 aliphatic heterocycles. The number of hydrogen-bond donors (Lipinski definition) is 1. The van der Waals surface area contributed by atoms with Gasteiger partial charge in [0.25, 0.3) is 0 Å². The Hall–Kier alpha value is -1.08. The van der Waals surface area contributed by atoms with Crippen molar-refractivity contribution in [2.45, 2.75) is 12.2 Å². The Kier molecular flexibility index (Phi) is 2.90. The lowest BCUT2D eigenvalue weighted by molar-refractivity contribution is -0.137. The van der Waals surface area contributed by atoms with Crippen molar-refractivity contribution in [1.29, 1.82) is 0 Å². The summed E-state index contributed by atoms with van der Waals surface area (Å²) < 4.78 is 42.5. The first-order valence-electron chi connectivity index (χ1n) is 4.41. The number of rotatable bonds is 2. The minimum Gasteiger partial charge on any atom is -0.377 e. The van der Waals surface area contributed by atoms with Crippen molar-refractivity contribution >= 4 is 17.4 Å². The zero-order chi connectivity index (χ0) is 11.8. The molecule has 0 amide bonds. The predicted octanol–water partition coefficient (Wildman–Crippen LogP) is 1.96. The van der Waals surface area contributed by atoms with Crippen LogP contribution in [0.1, 0.15) is 5.56 Å². The number of aromatic nitrogens is 2. The molecular weight excluding hydrogens is 247 g/mol. The average molecular weight is 254 g/mol. The summed E-state index contributed by atoms with van der Waals surface area (Å²) in [7, 11) is 0. The number of halogens is 4. The van der Waals surface area contributed by atoms with E-state index in [0.717, 1.165) is 0 Å². The molecule has 1 N–H and O–H groups in total. The van der Waals surface area contributed by atoms with Crippen LogP contribution in [0.4, 0.5) is 19.0 Å². The topological polar surface area (TPSA) is 47.0 Å². The SMILES string of the molecule is FC(F)(F)c1cnc(Cl)nc1NC1COC1. The number of hydrogen-bond acceptors (Lipinski definition) is 4. The summed E-state index contributed by atoms with van der Waals surface area (Å²) in [5, 5.41) is 2.39. The molecule has 0 radical (unpaired) electrons. The van der Waals surface area contributed by atoms with Crippen LogP contribution in [0, 0.1) is 0 Å². The smallest absolute Gasteiger partial charge is 0.377 e. The lowest BCUT2D eigenvalue weighted by Crippen LogP contribution is -2.41. The molecule has 0 bridgehead atoms. The van der Waals surface area contributed by atoms with Crippen molar-refractivity contribution in [3.8, 4) is 0 Å². The number of nitrogens with zero attached hydrogens (tertiary/aromatic N) is 2. The molecule has 1 aliphatic rings. The van der Waals surface area contributed by atoms with Crippen molar-refractivity contribution in [2.24, 2.45) is 0 Å². The van der Waals surface area contributed by atoms with Gasteiger partial charge in [-0.1, -0.05) is 0 Å². The van der Waals surface area contributed by atoms with Gasteiger partial charge in [0.15, 0.2) is 0 Å². The van der Waals surface area contributed by atoms with E-state index in [-0.39, 0.29) is 17.1 Å². The van der Waals surface area contributed by atoms with Crippen molar-refractivity contribution in [3.05, 3.63) is 17.0 Å². The Labute approximate surface area is 93.8 Å². The Balaban J connectivity index is 2.28. The molecule has 88 valence electrons. The van der Waals surface area contributed by atoms with Crippen molar-refractivity contribution in [2.75, 3.05) is 18.5 Å². The van der Waals surface area contributed by atoms with E-state index in [4.69, 9.17) is 16.3 Å². The normalized spacial score (nSPS) is 17.0. The third kappa shape index (κ3) is 2.35. The number of alkyl halides is 3. The van der Waals surface area contributed by atoms with Gasteiger partial charge in [0.05, 0.1) is 19.3 Å². The fraction of sp³-hybridized carbons (Fsp3) is 0.500. The first-order chi connectivity index (χ1) is 7.47. The maximum Gasteiger partial charge on any atom is 0.421 e. The van der Waals surface area contributed by atoms with Crippen LogP contribution < -0.4 is 5.32 Å². The third-order valence-corrected chi connectivity index (χ3v) is 2.23. The van der Waals surface area contributed by atoms with Gasteiger partial charge in [0, 0.05) is 6.20 Å². The van der Waals surface area contributed by atoms with Crippen LogP contribution in [0.5, 0.6) is 0 Å². The fourth-order valence-corrected chi connectivity index (χ4v) is 1.32. The predicted molar refractivity (Wildman–Crippen MR) is 50.3 cm³/mol. The maximum absolute atomic E-state index is 12.6. The highest BCUT2D eigenvalue weighted by Gasteiger charge is 2.36. The summed E-state index contributed by atoms with van der Waals surface area (Å²) in [5.41, 5.74) is -0.927. The molecular formula is C8H7ClF3N3O. The third-order valence-electron chi connectivity index (χ3n) is 2.04. The van der Waals surface area contributed by atoms with Gasteiger partial charge in [-0.05, 0) is 11.6 Å². The van der Waals surface area contributed by atoms with Crippen LogP contribution >= 0.6 is 11.6 Å². The Morgan fingerprint density at radius 1 is 1.44 bits per heavy atom. The highest BCUT2D eigenvalue weighted by molar-refractivity contribution is 6.28. The first-order valence-corrected chi connectivity index (χ1v) is 4.78. The molecule has 2 heterocycles. The van der Waals surface area contributed by atoms with Gasteiger partial charge < -0.3 is 10.1 Å². The van der Waals surface area contributed by atoms with Crippen molar-refractivity contribution < 1.29 is 17.9 Å². The minimum atomic E-state index is -4.50. The van der Waals surface area contributed by atoms with Gasteiger partial charge >= 0.3 is 6.18 Å². The summed E-state index contributed by atoms with van der Waals surface area (Å²) in [6.07, 6.45) is -3.84. The average Bonchev–Trinajstić information content (AvgIpc) is 2.09. The standard InChI is InChI=1S/C8H7ClF3N3O/c9-7-13-1-5(8(10,11)12)6(15-7)14-4-2-16-3-4/h1,4H,2-3H2,(H,13,14,15). The molecule has 0 aromatic carbocycles. The molecule has 1 aromatic heterocycles. The number of ether oxygens (including phenoxy) is 1. The van der Waals surface area contributed by atoms with Crippen molar-refractivity contribution in [1.82, 2.24) is 9.97 Å². The van der Waals surface area contributed by atoms with Gasteiger partial charge in [-0.25, -0.2) is 9.97 Å². The second-order valence-corrected chi connectivity index (χ2v) is 3.62. The second-order valence-electron chi connectivity index (χ2n) is 3.28. The zero-order valence-corrected chi connectivity index (χ0v) is 8.64. The van der Waals surface area contributed by atoms with Gasteiger partial charge in [-0.3, -0.25) is 0 Å². The van der Waals surface area contributed by atoms with E-state index in [1.54, 1.807) is 0 Å². The van der Waals surface area contributed by atoms with Crippen LogP contribution in [-0.4, -0.2) is 29.2 Å². The lowest BCUT2D eigenvalue weighted by atomic mass is 10.2. The molecule has 0 saturated carbocycles. The van der Waals surface area contributed by atoms with Crippen LogP contribution in [0.3, 0.4) is 0 Å². The maximum atomic E-state index is 12.6. The van der Waals surface area contributed by atoms with E-state index in [0.29, 0.717) is 19.4 Å². The van der Waals surface area contributed by atoms with Gasteiger partial charge in [0.2, 0.25) is 5.28 Å². The van der Waals surface area contributed by atoms with Crippen LogP contribution in [0.2, 0.25) is 5.28 Å². The molecule has 8 heteroatoms. The lowest BCUT2D eigenvalue weighted by Gasteiger charge is -2.28. The van der Waals surface area contributed by atoms with E-state index >= 15 is 0 Å². The Bertz CT molecular complexity index is 395. The molecule has 1 saturated heterocycles. The van der Waals surface area contributed by atoms with E-state index in [1.165, 1.54) is 0 Å². The summed E-state index contributed by atoms with van der Waals surface area (Å²) >= 11 is 5.45. The number of anilines is 1.